The maximum atomic E-state index is 5.70. The molecular weight excluding hydrogens is 176 g/mol. The summed E-state index contributed by atoms with van der Waals surface area (Å²) in [5.41, 5.74) is 0. The van der Waals surface area contributed by atoms with Crippen LogP contribution in [0.2, 0.25) is 0 Å². The molecule has 0 nitrogen and oxygen atoms in total. The first kappa shape index (κ1) is 11.6. The predicted octanol–water partition coefficient (Wildman–Crippen LogP) is 3.64. The van der Waals surface area contributed by atoms with E-state index < -0.39 is 0 Å². The molecule has 0 rings (SSSR count). The highest BCUT2D eigenvalue weighted by Gasteiger charge is 2.09. The molecular formula is C9H19ClS. The molecule has 0 aliphatic carbocycles. The summed E-state index contributed by atoms with van der Waals surface area (Å²) in [4.78, 5) is 0. The number of thioether (sulfide) groups is 1. The molecule has 68 valence electrons. The molecule has 0 aromatic rings. The minimum Gasteiger partial charge on any atom is -0.158 e. The summed E-state index contributed by atoms with van der Waals surface area (Å²) >= 11 is 7.73. The third-order valence-electron chi connectivity index (χ3n) is 1.85. The second kappa shape index (κ2) is 6.19. The van der Waals surface area contributed by atoms with Crippen molar-refractivity contribution in [3.05, 3.63) is 0 Å². The Balaban J connectivity index is 3.37. The molecule has 2 atom stereocenters. The lowest BCUT2D eigenvalue weighted by molar-refractivity contribution is 0.638. The molecule has 2 heteroatoms. The Morgan fingerprint density at radius 2 is 1.73 bits per heavy atom. The lowest BCUT2D eigenvalue weighted by Crippen LogP contribution is -2.10. The second-order valence-electron chi connectivity index (χ2n) is 3.54. The quantitative estimate of drug-likeness (QED) is 0.603. The Morgan fingerprint density at radius 3 is 2.09 bits per heavy atom. The van der Waals surface area contributed by atoms with E-state index in [9.17, 15) is 0 Å². The van der Waals surface area contributed by atoms with E-state index in [0.717, 1.165) is 17.0 Å². The Bertz CT molecular complexity index is 93.6. The molecule has 0 bridgehead atoms. The maximum Gasteiger partial charge on any atom is 0.0257 e. The fourth-order valence-electron chi connectivity index (χ4n) is 0.553. The molecule has 0 saturated carbocycles. The predicted molar refractivity (Wildman–Crippen MR) is 56.6 cm³/mol. The smallest absolute Gasteiger partial charge is 0.0257 e. The zero-order valence-electron chi connectivity index (χ0n) is 7.93. The highest BCUT2D eigenvalue weighted by molar-refractivity contribution is 7.99. The third kappa shape index (κ3) is 5.86. The van der Waals surface area contributed by atoms with Crippen LogP contribution in [0.3, 0.4) is 0 Å². The van der Waals surface area contributed by atoms with Crippen LogP contribution in [0, 0.1) is 11.8 Å². The molecule has 0 amide bonds. The van der Waals surface area contributed by atoms with Crippen LogP contribution < -0.4 is 0 Å². The minimum absolute atomic E-state index is 0.655. The molecule has 0 aliphatic heterocycles. The SMILES string of the molecule is CC(CCl)CSC(C)C(C)C. The molecule has 0 aromatic carbocycles. The first-order chi connectivity index (χ1) is 5.07. The summed E-state index contributed by atoms with van der Waals surface area (Å²) in [6.45, 7) is 9.02. The van der Waals surface area contributed by atoms with Gasteiger partial charge in [0.2, 0.25) is 0 Å². The normalized spacial score (nSPS) is 16.9. The molecule has 0 aliphatic rings. The number of hydrogen-bond donors (Lipinski definition) is 0. The first-order valence-corrected chi connectivity index (χ1v) is 5.83. The summed E-state index contributed by atoms with van der Waals surface area (Å²) < 4.78 is 0. The van der Waals surface area contributed by atoms with Crippen molar-refractivity contribution < 1.29 is 0 Å². The summed E-state index contributed by atoms with van der Waals surface area (Å²) in [7, 11) is 0. The van der Waals surface area contributed by atoms with E-state index in [4.69, 9.17) is 11.6 Å². The van der Waals surface area contributed by atoms with Crippen molar-refractivity contribution >= 4 is 23.4 Å². The van der Waals surface area contributed by atoms with Gasteiger partial charge in [-0.05, 0) is 17.6 Å². The summed E-state index contributed by atoms with van der Waals surface area (Å²) in [5.74, 6) is 3.42. The maximum absolute atomic E-state index is 5.70. The molecule has 0 radical (unpaired) electrons. The first-order valence-electron chi connectivity index (χ1n) is 4.25. The van der Waals surface area contributed by atoms with E-state index in [1.807, 2.05) is 11.8 Å². The summed E-state index contributed by atoms with van der Waals surface area (Å²) in [5, 5.41) is 0.765. The van der Waals surface area contributed by atoms with Crippen LogP contribution >= 0.6 is 23.4 Å². The number of halogens is 1. The topological polar surface area (TPSA) is 0 Å². The van der Waals surface area contributed by atoms with Gasteiger partial charge in [0.1, 0.15) is 0 Å². The molecule has 2 unspecified atom stereocenters. The van der Waals surface area contributed by atoms with E-state index in [0.29, 0.717) is 5.92 Å². The third-order valence-corrected chi connectivity index (χ3v) is 4.20. The van der Waals surface area contributed by atoms with Crippen LogP contribution in [0.25, 0.3) is 0 Å². The van der Waals surface area contributed by atoms with E-state index in [-0.39, 0.29) is 0 Å². The fourth-order valence-corrected chi connectivity index (χ4v) is 1.93. The van der Waals surface area contributed by atoms with Gasteiger partial charge in [-0.25, -0.2) is 0 Å². The van der Waals surface area contributed by atoms with Crippen molar-refractivity contribution in [3.8, 4) is 0 Å². The van der Waals surface area contributed by atoms with Gasteiger partial charge in [-0.1, -0.05) is 27.7 Å². The Kier molecular flexibility index (Phi) is 6.55. The van der Waals surface area contributed by atoms with Gasteiger partial charge in [-0.3, -0.25) is 0 Å². The Morgan fingerprint density at radius 1 is 1.18 bits per heavy atom. The molecule has 0 aromatic heterocycles. The fraction of sp³-hybridized carbons (Fsp3) is 1.00. The second-order valence-corrected chi connectivity index (χ2v) is 5.26. The van der Waals surface area contributed by atoms with Crippen molar-refractivity contribution in [2.75, 3.05) is 11.6 Å². The van der Waals surface area contributed by atoms with Crippen molar-refractivity contribution in [2.24, 2.45) is 11.8 Å². The highest BCUT2D eigenvalue weighted by Crippen LogP contribution is 2.21. The average Bonchev–Trinajstić information content (AvgIpc) is 1.99. The largest absolute Gasteiger partial charge is 0.158 e. The zero-order chi connectivity index (χ0) is 8.85. The monoisotopic (exact) mass is 194 g/mol. The summed E-state index contributed by atoms with van der Waals surface area (Å²) in [6.07, 6.45) is 0. The zero-order valence-corrected chi connectivity index (χ0v) is 9.50. The van der Waals surface area contributed by atoms with E-state index >= 15 is 0 Å². The Hall–Kier alpha value is 0.640. The van der Waals surface area contributed by atoms with E-state index in [1.165, 1.54) is 5.75 Å². The van der Waals surface area contributed by atoms with Crippen molar-refractivity contribution in [1.82, 2.24) is 0 Å². The number of alkyl halides is 1. The van der Waals surface area contributed by atoms with Gasteiger partial charge in [0.25, 0.3) is 0 Å². The highest BCUT2D eigenvalue weighted by atomic mass is 35.5. The van der Waals surface area contributed by atoms with Crippen molar-refractivity contribution in [2.45, 2.75) is 32.9 Å². The molecule has 0 spiro atoms. The van der Waals surface area contributed by atoms with Crippen LogP contribution in [-0.2, 0) is 0 Å². The number of rotatable bonds is 5. The molecule has 0 saturated heterocycles. The molecule has 11 heavy (non-hydrogen) atoms. The van der Waals surface area contributed by atoms with E-state index in [2.05, 4.69) is 27.7 Å². The van der Waals surface area contributed by atoms with Crippen LogP contribution in [0.1, 0.15) is 27.7 Å². The van der Waals surface area contributed by atoms with Gasteiger partial charge in [0.15, 0.2) is 0 Å². The average molecular weight is 195 g/mol. The van der Waals surface area contributed by atoms with Gasteiger partial charge >= 0.3 is 0 Å². The molecule has 0 heterocycles. The minimum atomic E-state index is 0.655. The van der Waals surface area contributed by atoms with Crippen LogP contribution in [0.4, 0.5) is 0 Å². The van der Waals surface area contributed by atoms with Gasteiger partial charge in [0, 0.05) is 11.1 Å². The van der Waals surface area contributed by atoms with Gasteiger partial charge in [0.05, 0.1) is 0 Å². The standard InChI is InChI=1S/C9H19ClS/c1-7(2)9(4)11-6-8(3)5-10/h7-9H,5-6H2,1-4H3. The van der Waals surface area contributed by atoms with Crippen LogP contribution in [0.5, 0.6) is 0 Å². The molecule has 0 N–H and O–H groups in total. The lowest BCUT2D eigenvalue weighted by atomic mass is 10.2. The summed E-state index contributed by atoms with van der Waals surface area (Å²) in [6, 6.07) is 0. The van der Waals surface area contributed by atoms with Gasteiger partial charge < -0.3 is 0 Å². The van der Waals surface area contributed by atoms with Gasteiger partial charge in [-0.2, -0.15) is 11.8 Å². The van der Waals surface area contributed by atoms with Crippen molar-refractivity contribution in [1.29, 1.82) is 0 Å². The van der Waals surface area contributed by atoms with Gasteiger partial charge in [-0.15, -0.1) is 11.6 Å². The molecule has 0 fully saturated rings. The van der Waals surface area contributed by atoms with Crippen LogP contribution in [0.15, 0.2) is 0 Å². The van der Waals surface area contributed by atoms with Crippen molar-refractivity contribution in [3.63, 3.8) is 0 Å². The van der Waals surface area contributed by atoms with Crippen LogP contribution in [-0.4, -0.2) is 16.9 Å². The number of hydrogen-bond acceptors (Lipinski definition) is 1. The Labute approximate surface area is 80.1 Å². The van der Waals surface area contributed by atoms with E-state index in [1.54, 1.807) is 0 Å². The lowest BCUT2D eigenvalue weighted by Gasteiger charge is -2.16.